The molecule has 0 unspecified atom stereocenters. The lowest BCUT2D eigenvalue weighted by Gasteiger charge is -2.21. The highest BCUT2D eigenvalue weighted by Gasteiger charge is 2.10. The van der Waals surface area contributed by atoms with Gasteiger partial charge < -0.3 is 15.2 Å². The molecule has 0 aliphatic carbocycles. The van der Waals surface area contributed by atoms with Gasteiger partial charge in [0, 0.05) is 31.9 Å². The molecule has 0 saturated heterocycles. The van der Waals surface area contributed by atoms with Gasteiger partial charge in [0.2, 0.25) is 0 Å². The third-order valence-electron chi connectivity index (χ3n) is 4.33. The lowest BCUT2D eigenvalue weighted by molar-refractivity contribution is 0.464. The van der Waals surface area contributed by atoms with Gasteiger partial charge in [-0.2, -0.15) is 0 Å². The van der Waals surface area contributed by atoms with Crippen LogP contribution in [0.3, 0.4) is 0 Å². The van der Waals surface area contributed by atoms with Crippen molar-refractivity contribution in [2.75, 3.05) is 20.1 Å². The summed E-state index contributed by atoms with van der Waals surface area (Å²) in [5.74, 6) is 1.80. The summed E-state index contributed by atoms with van der Waals surface area (Å²) in [5.41, 5.74) is 3.29. The summed E-state index contributed by atoms with van der Waals surface area (Å²) < 4.78 is 0. The number of hydrogen-bond acceptors (Lipinski definition) is 4. The van der Waals surface area contributed by atoms with Crippen LogP contribution < -0.4 is 5.32 Å². The zero-order valence-electron chi connectivity index (χ0n) is 17.2. The Bertz CT molecular complexity index is 889. The van der Waals surface area contributed by atoms with Gasteiger partial charge in [0.25, 0.3) is 0 Å². The van der Waals surface area contributed by atoms with E-state index >= 15 is 0 Å². The zero-order valence-corrected chi connectivity index (χ0v) is 20.3. The van der Waals surface area contributed by atoms with Crippen molar-refractivity contribution in [3.05, 3.63) is 58.4 Å². The van der Waals surface area contributed by atoms with Gasteiger partial charge in [-0.25, -0.2) is 9.97 Å². The quantitative estimate of drug-likeness (QED) is 0.261. The number of halogens is 1. The van der Waals surface area contributed by atoms with Crippen LogP contribution in [0.1, 0.15) is 30.4 Å². The standard InChI is InChI=1S/C21H28N6S.HI/c1-4-20-25-17(15-28-20)11-12-23-21(22-5-2)27(3)14-19-24-13-18(26-19)16-9-7-6-8-10-16;/h6-10,13,15H,4-5,11-12,14H2,1-3H3,(H,22,23)(H,24,26);1H. The number of nitrogens with one attached hydrogen (secondary N) is 2. The maximum Gasteiger partial charge on any atom is 0.194 e. The molecule has 29 heavy (non-hydrogen) atoms. The van der Waals surface area contributed by atoms with Crippen LogP contribution in [-0.2, 0) is 19.4 Å². The van der Waals surface area contributed by atoms with E-state index in [2.05, 4.69) is 56.5 Å². The van der Waals surface area contributed by atoms with Crippen molar-refractivity contribution < 1.29 is 0 Å². The Morgan fingerprint density at radius 2 is 2.03 bits per heavy atom. The van der Waals surface area contributed by atoms with Crippen LogP contribution in [0.5, 0.6) is 0 Å². The first kappa shape index (κ1) is 23.3. The number of hydrogen-bond donors (Lipinski definition) is 2. The highest BCUT2D eigenvalue weighted by molar-refractivity contribution is 14.0. The molecule has 0 aliphatic heterocycles. The summed E-state index contributed by atoms with van der Waals surface area (Å²) in [6.07, 6.45) is 3.74. The number of nitrogens with zero attached hydrogens (tertiary/aromatic N) is 4. The number of aromatic nitrogens is 3. The number of guanidine groups is 1. The molecule has 2 N–H and O–H groups in total. The van der Waals surface area contributed by atoms with Gasteiger partial charge in [0.15, 0.2) is 5.96 Å². The smallest absolute Gasteiger partial charge is 0.194 e. The average molecular weight is 524 g/mol. The molecule has 0 aliphatic rings. The fraction of sp³-hybridized carbons (Fsp3) is 0.381. The number of H-pyrrole nitrogens is 1. The molecule has 3 aromatic rings. The van der Waals surface area contributed by atoms with Crippen LogP contribution in [0.4, 0.5) is 0 Å². The maximum atomic E-state index is 4.76. The van der Waals surface area contributed by atoms with Crippen molar-refractivity contribution in [1.82, 2.24) is 25.2 Å². The van der Waals surface area contributed by atoms with Crippen LogP contribution in [0.2, 0.25) is 0 Å². The van der Waals surface area contributed by atoms with E-state index in [9.17, 15) is 0 Å². The Labute approximate surface area is 193 Å². The van der Waals surface area contributed by atoms with E-state index < -0.39 is 0 Å². The van der Waals surface area contributed by atoms with Crippen molar-refractivity contribution in [2.24, 2.45) is 4.99 Å². The monoisotopic (exact) mass is 524 g/mol. The molecule has 156 valence electrons. The van der Waals surface area contributed by atoms with E-state index in [1.165, 1.54) is 5.01 Å². The van der Waals surface area contributed by atoms with Gasteiger partial charge in [-0.3, -0.25) is 4.99 Å². The van der Waals surface area contributed by atoms with Crippen molar-refractivity contribution in [2.45, 2.75) is 33.2 Å². The van der Waals surface area contributed by atoms with E-state index in [1.54, 1.807) is 11.3 Å². The molecule has 0 radical (unpaired) electrons. The summed E-state index contributed by atoms with van der Waals surface area (Å²) in [6, 6.07) is 10.2. The number of rotatable bonds is 8. The van der Waals surface area contributed by atoms with Gasteiger partial charge in [0.1, 0.15) is 5.82 Å². The normalized spacial score (nSPS) is 11.2. The minimum absolute atomic E-state index is 0. The van der Waals surface area contributed by atoms with Gasteiger partial charge in [-0.15, -0.1) is 35.3 Å². The van der Waals surface area contributed by atoms with E-state index in [0.717, 1.165) is 48.1 Å². The lowest BCUT2D eigenvalue weighted by Crippen LogP contribution is -2.38. The molecule has 3 rings (SSSR count). The maximum absolute atomic E-state index is 4.76. The molecular weight excluding hydrogens is 495 g/mol. The number of aliphatic imine (C=N–C) groups is 1. The SMILES string of the molecule is CCNC(=NCCc1csc(CC)n1)N(C)Cc1ncc(-c2ccccc2)[nH]1.I. The van der Waals surface area contributed by atoms with Crippen LogP contribution in [0.25, 0.3) is 11.3 Å². The molecule has 2 heterocycles. The van der Waals surface area contributed by atoms with Gasteiger partial charge in [-0.1, -0.05) is 37.3 Å². The van der Waals surface area contributed by atoms with Crippen molar-refractivity contribution in [3.63, 3.8) is 0 Å². The van der Waals surface area contributed by atoms with Crippen molar-refractivity contribution in [1.29, 1.82) is 0 Å². The Balaban J connectivity index is 0.00000300. The molecule has 0 atom stereocenters. The largest absolute Gasteiger partial charge is 0.357 e. The second-order valence-electron chi connectivity index (χ2n) is 6.54. The first-order valence-corrected chi connectivity index (χ1v) is 10.6. The number of aryl methyl sites for hydroxylation is 1. The van der Waals surface area contributed by atoms with E-state index in [0.29, 0.717) is 13.1 Å². The Kier molecular flexibility index (Phi) is 9.59. The first-order chi connectivity index (χ1) is 13.7. The number of imidazole rings is 1. The summed E-state index contributed by atoms with van der Waals surface area (Å²) in [4.78, 5) is 19.4. The first-order valence-electron chi connectivity index (χ1n) is 9.71. The summed E-state index contributed by atoms with van der Waals surface area (Å²) in [7, 11) is 2.03. The van der Waals surface area contributed by atoms with E-state index in [4.69, 9.17) is 4.99 Å². The molecule has 0 bridgehead atoms. The average Bonchev–Trinajstić information content (AvgIpc) is 3.37. The van der Waals surface area contributed by atoms with E-state index in [1.807, 2.05) is 31.4 Å². The summed E-state index contributed by atoms with van der Waals surface area (Å²) >= 11 is 1.73. The van der Waals surface area contributed by atoms with Crippen LogP contribution >= 0.6 is 35.3 Å². The minimum atomic E-state index is 0. The van der Waals surface area contributed by atoms with Gasteiger partial charge >= 0.3 is 0 Å². The Morgan fingerprint density at radius 3 is 2.72 bits per heavy atom. The number of benzene rings is 1. The third-order valence-corrected chi connectivity index (χ3v) is 5.37. The van der Waals surface area contributed by atoms with Crippen molar-refractivity contribution >= 4 is 41.3 Å². The molecule has 0 amide bonds. The second-order valence-corrected chi connectivity index (χ2v) is 7.48. The van der Waals surface area contributed by atoms with Crippen molar-refractivity contribution in [3.8, 4) is 11.3 Å². The Hall–Kier alpha value is -1.94. The molecule has 6 nitrogen and oxygen atoms in total. The second kappa shape index (κ2) is 11.9. The highest BCUT2D eigenvalue weighted by Crippen LogP contribution is 2.16. The zero-order chi connectivity index (χ0) is 19.8. The van der Waals surface area contributed by atoms with Gasteiger partial charge in [-0.05, 0) is 18.9 Å². The topological polar surface area (TPSA) is 69.2 Å². The molecule has 0 saturated carbocycles. The fourth-order valence-corrected chi connectivity index (χ4v) is 3.66. The van der Waals surface area contributed by atoms with Crippen LogP contribution in [0.15, 0.2) is 46.9 Å². The van der Waals surface area contributed by atoms with Crippen LogP contribution in [0, 0.1) is 0 Å². The Morgan fingerprint density at radius 1 is 1.24 bits per heavy atom. The van der Waals surface area contributed by atoms with Gasteiger partial charge in [0.05, 0.1) is 29.1 Å². The van der Waals surface area contributed by atoms with E-state index in [-0.39, 0.29) is 24.0 Å². The fourth-order valence-electron chi connectivity index (χ4n) is 2.88. The number of aromatic amines is 1. The number of thiazole rings is 1. The summed E-state index contributed by atoms with van der Waals surface area (Å²) in [5, 5.41) is 6.69. The predicted molar refractivity (Wildman–Crippen MR) is 132 cm³/mol. The minimum Gasteiger partial charge on any atom is -0.357 e. The molecule has 1 aromatic carbocycles. The molecule has 8 heteroatoms. The third kappa shape index (κ3) is 6.81. The molecule has 2 aromatic heterocycles. The molecular formula is C21H29IN6S. The highest BCUT2D eigenvalue weighted by atomic mass is 127. The lowest BCUT2D eigenvalue weighted by atomic mass is 10.2. The molecule has 0 fully saturated rings. The van der Waals surface area contributed by atoms with Crippen LogP contribution in [-0.4, -0.2) is 45.9 Å². The molecule has 0 spiro atoms. The predicted octanol–water partition coefficient (Wildman–Crippen LogP) is 4.35. The summed E-state index contributed by atoms with van der Waals surface area (Å²) in [6.45, 7) is 6.42.